The van der Waals surface area contributed by atoms with Crippen LogP contribution < -0.4 is 5.73 Å². The van der Waals surface area contributed by atoms with Crippen LogP contribution in [0.1, 0.15) is 12.0 Å². The molecular formula is C13H16N2. The predicted octanol–water partition coefficient (Wildman–Crippen LogP) is 2.68. The summed E-state index contributed by atoms with van der Waals surface area (Å²) in [5.74, 6) is 0. The van der Waals surface area contributed by atoms with E-state index in [-0.39, 0.29) is 0 Å². The highest BCUT2D eigenvalue weighted by Gasteiger charge is 2.00. The predicted molar refractivity (Wildman–Crippen MR) is 64.6 cm³/mol. The van der Waals surface area contributed by atoms with Crippen molar-refractivity contribution in [1.29, 1.82) is 0 Å². The first-order valence-electron chi connectivity index (χ1n) is 5.24. The molecule has 1 heterocycles. The molecule has 0 saturated carbocycles. The van der Waals surface area contributed by atoms with E-state index in [0.717, 1.165) is 13.0 Å². The summed E-state index contributed by atoms with van der Waals surface area (Å²) in [6, 6.07) is 8.52. The molecule has 0 spiro atoms. The third-order valence-electron chi connectivity index (χ3n) is 2.65. The molecule has 0 fully saturated rings. The zero-order chi connectivity index (χ0) is 10.7. The fraction of sp³-hybridized carbons (Fsp3) is 0.231. The number of nitrogens with two attached hydrogens (primary N) is 1. The summed E-state index contributed by atoms with van der Waals surface area (Å²) in [4.78, 5) is 0. The molecule has 15 heavy (non-hydrogen) atoms. The Morgan fingerprint density at radius 2 is 2.20 bits per heavy atom. The van der Waals surface area contributed by atoms with Crippen LogP contribution in [0.3, 0.4) is 0 Å². The zero-order valence-corrected chi connectivity index (χ0v) is 8.82. The number of aryl methyl sites for hydroxylation is 1. The van der Waals surface area contributed by atoms with Crippen molar-refractivity contribution in [1.82, 2.24) is 4.57 Å². The molecule has 1 aromatic carbocycles. The van der Waals surface area contributed by atoms with Crippen LogP contribution in [0.4, 0.5) is 0 Å². The summed E-state index contributed by atoms with van der Waals surface area (Å²) < 4.78 is 2.25. The van der Waals surface area contributed by atoms with Crippen molar-refractivity contribution in [3.63, 3.8) is 0 Å². The molecule has 78 valence electrons. The SMILES string of the molecule is C=CCCn1ccc2cc(CN)ccc21. The van der Waals surface area contributed by atoms with Gasteiger partial charge in [0.25, 0.3) is 0 Å². The smallest absolute Gasteiger partial charge is 0.0480 e. The Labute approximate surface area is 90.0 Å². The van der Waals surface area contributed by atoms with Crippen molar-refractivity contribution in [2.75, 3.05) is 0 Å². The van der Waals surface area contributed by atoms with E-state index in [1.54, 1.807) is 0 Å². The summed E-state index contributed by atoms with van der Waals surface area (Å²) >= 11 is 0. The van der Waals surface area contributed by atoms with Gasteiger partial charge in [-0.15, -0.1) is 6.58 Å². The molecule has 2 rings (SSSR count). The molecule has 0 aliphatic rings. The van der Waals surface area contributed by atoms with E-state index >= 15 is 0 Å². The molecule has 2 aromatic rings. The number of hydrogen-bond donors (Lipinski definition) is 1. The Morgan fingerprint density at radius 1 is 1.33 bits per heavy atom. The Hall–Kier alpha value is -1.54. The van der Waals surface area contributed by atoms with E-state index in [1.165, 1.54) is 16.5 Å². The number of hydrogen-bond acceptors (Lipinski definition) is 1. The van der Waals surface area contributed by atoms with E-state index in [2.05, 4.69) is 41.6 Å². The number of aromatic nitrogens is 1. The number of allylic oxidation sites excluding steroid dienone is 1. The van der Waals surface area contributed by atoms with Crippen molar-refractivity contribution in [3.05, 3.63) is 48.7 Å². The van der Waals surface area contributed by atoms with Crippen molar-refractivity contribution in [2.45, 2.75) is 19.5 Å². The van der Waals surface area contributed by atoms with Crippen LogP contribution in [0.5, 0.6) is 0 Å². The Kier molecular flexibility index (Phi) is 2.88. The molecule has 2 nitrogen and oxygen atoms in total. The standard InChI is InChI=1S/C13H16N2/c1-2-3-7-15-8-6-12-9-11(10-14)4-5-13(12)15/h2,4-6,8-9H,1,3,7,10,14H2. The van der Waals surface area contributed by atoms with Crippen LogP contribution in [-0.4, -0.2) is 4.57 Å². The first-order chi connectivity index (χ1) is 7.35. The molecule has 0 atom stereocenters. The van der Waals surface area contributed by atoms with Gasteiger partial charge in [0.1, 0.15) is 0 Å². The minimum absolute atomic E-state index is 0.605. The maximum Gasteiger partial charge on any atom is 0.0480 e. The average molecular weight is 200 g/mol. The van der Waals surface area contributed by atoms with Crippen LogP contribution in [-0.2, 0) is 13.1 Å². The summed E-state index contributed by atoms with van der Waals surface area (Å²) in [7, 11) is 0. The third-order valence-corrected chi connectivity index (χ3v) is 2.65. The summed E-state index contributed by atoms with van der Waals surface area (Å²) in [6.45, 7) is 5.34. The molecule has 0 aliphatic carbocycles. The molecule has 1 aromatic heterocycles. The van der Waals surface area contributed by atoms with Gasteiger partial charge in [-0.25, -0.2) is 0 Å². The lowest BCUT2D eigenvalue weighted by molar-refractivity contribution is 0.739. The van der Waals surface area contributed by atoms with Crippen LogP contribution in [0.25, 0.3) is 10.9 Å². The summed E-state index contributed by atoms with van der Waals surface area (Å²) in [6.07, 6.45) is 5.07. The van der Waals surface area contributed by atoms with E-state index < -0.39 is 0 Å². The molecule has 2 heteroatoms. The first kappa shape index (κ1) is 9.99. The van der Waals surface area contributed by atoms with Gasteiger partial charge in [0, 0.05) is 24.8 Å². The summed E-state index contributed by atoms with van der Waals surface area (Å²) in [5.41, 5.74) is 8.06. The lowest BCUT2D eigenvalue weighted by atomic mass is 10.1. The monoisotopic (exact) mass is 200 g/mol. The number of fused-ring (bicyclic) bond motifs is 1. The van der Waals surface area contributed by atoms with Gasteiger partial charge in [-0.1, -0.05) is 12.1 Å². The lowest BCUT2D eigenvalue weighted by Gasteiger charge is -2.03. The highest BCUT2D eigenvalue weighted by atomic mass is 14.9. The molecule has 0 radical (unpaired) electrons. The average Bonchev–Trinajstić information content (AvgIpc) is 2.68. The van der Waals surface area contributed by atoms with E-state index in [0.29, 0.717) is 6.54 Å². The number of nitrogens with zero attached hydrogens (tertiary/aromatic N) is 1. The van der Waals surface area contributed by atoms with Crippen molar-refractivity contribution >= 4 is 10.9 Å². The number of benzene rings is 1. The second kappa shape index (κ2) is 4.32. The van der Waals surface area contributed by atoms with E-state index in [1.807, 2.05) is 6.08 Å². The van der Waals surface area contributed by atoms with Gasteiger partial charge in [0.2, 0.25) is 0 Å². The summed E-state index contributed by atoms with van der Waals surface area (Å²) in [5, 5.41) is 1.27. The van der Waals surface area contributed by atoms with Gasteiger partial charge < -0.3 is 10.3 Å². The minimum Gasteiger partial charge on any atom is -0.347 e. The van der Waals surface area contributed by atoms with Gasteiger partial charge in [-0.05, 0) is 35.6 Å². The topological polar surface area (TPSA) is 30.9 Å². The maximum absolute atomic E-state index is 5.61. The van der Waals surface area contributed by atoms with Crippen LogP contribution in [0, 0.1) is 0 Å². The fourth-order valence-electron chi connectivity index (χ4n) is 1.80. The van der Waals surface area contributed by atoms with Crippen molar-refractivity contribution in [3.8, 4) is 0 Å². The lowest BCUT2D eigenvalue weighted by Crippen LogP contribution is -1.97. The second-order valence-corrected chi connectivity index (χ2v) is 3.68. The van der Waals surface area contributed by atoms with Crippen molar-refractivity contribution < 1.29 is 0 Å². The molecule has 0 saturated heterocycles. The molecule has 0 unspecified atom stereocenters. The van der Waals surface area contributed by atoms with Gasteiger partial charge in [-0.3, -0.25) is 0 Å². The zero-order valence-electron chi connectivity index (χ0n) is 8.82. The van der Waals surface area contributed by atoms with Crippen LogP contribution >= 0.6 is 0 Å². The first-order valence-corrected chi connectivity index (χ1v) is 5.24. The second-order valence-electron chi connectivity index (χ2n) is 3.68. The van der Waals surface area contributed by atoms with Gasteiger partial charge in [0.15, 0.2) is 0 Å². The van der Waals surface area contributed by atoms with E-state index in [9.17, 15) is 0 Å². The van der Waals surface area contributed by atoms with E-state index in [4.69, 9.17) is 5.73 Å². The number of rotatable bonds is 4. The van der Waals surface area contributed by atoms with Crippen LogP contribution in [0.2, 0.25) is 0 Å². The maximum atomic E-state index is 5.61. The molecule has 0 amide bonds. The quantitative estimate of drug-likeness (QED) is 0.756. The van der Waals surface area contributed by atoms with Gasteiger partial charge in [-0.2, -0.15) is 0 Å². The molecular weight excluding hydrogens is 184 g/mol. The van der Waals surface area contributed by atoms with Crippen molar-refractivity contribution in [2.24, 2.45) is 5.73 Å². The fourth-order valence-corrected chi connectivity index (χ4v) is 1.80. The Balaban J connectivity index is 2.38. The Morgan fingerprint density at radius 3 is 2.93 bits per heavy atom. The molecule has 0 aliphatic heterocycles. The largest absolute Gasteiger partial charge is 0.347 e. The minimum atomic E-state index is 0.605. The molecule has 2 N–H and O–H groups in total. The Bertz CT molecular complexity index is 468. The van der Waals surface area contributed by atoms with Crippen LogP contribution in [0.15, 0.2) is 43.1 Å². The van der Waals surface area contributed by atoms with Gasteiger partial charge in [0.05, 0.1) is 0 Å². The van der Waals surface area contributed by atoms with Gasteiger partial charge >= 0.3 is 0 Å². The highest BCUT2D eigenvalue weighted by molar-refractivity contribution is 5.80. The normalized spacial score (nSPS) is 10.7. The highest BCUT2D eigenvalue weighted by Crippen LogP contribution is 2.17. The molecule has 0 bridgehead atoms. The third kappa shape index (κ3) is 1.95.